The lowest BCUT2D eigenvalue weighted by atomic mass is 9.99. The summed E-state index contributed by atoms with van der Waals surface area (Å²) < 4.78 is 11.8. The molecular weight excluding hydrogens is 294 g/mol. The fourth-order valence-corrected chi connectivity index (χ4v) is 2.55. The minimum Gasteiger partial charge on any atom is -0.454 e. The second-order valence-corrected chi connectivity index (χ2v) is 4.74. The van der Waals surface area contributed by atoms with Crippen molar-refractivity contribution in [3.05, 3.63) is 46.4 Å². The van der Waals surface area contributed by atoms with E-state index in [1.54, 1.807) is 0 Å². The molecule has 3 rings (SSSR count). The van der Waals surface area contributed by atoms with Gasteiger partial charge in [0.1, 0.15) is 0 Å². The smallest absolute Gasteiger partial charge is 0.231 e. The summed E-state index contributed by atoms with van der Waals surface area (Å²) in [5.74, 6) is 1.35. The fourth-order valence-electron chi connectivity index (χ4n) is 2.05. The molecule has 0 bridgehead atoms. The zero-order valence-corrected chi connectivity index (χ0v) is 11.0. The van der Waals surface area contributed by atoms with E-state index in [4.69, 9.17) is 14.9 Å². The maximum Gasteiger partial charge on any atom is 0.231 e. The third-order valence-corrected chi connectivity index (χ3v) is 3.58. The minimum absolute atomic E-state index is 0.218. The summed E-state index contributed by atoms with van der Waals surface area (Å²) in [6.45, 7) is 0.218. The standard InChI is InChI=1S/C14H10BrNO2/c15-12-4-2-1-3-10(12)9-5-6-13-14(11(9)7-16)18-8-17-13/h1-7,16H,8H2. The molecule has 1 aliphatic heterocycles. The third-order valence-electron chi connectivity index (χ3n) is 2.89. The topological polar surface area (TPSA) is 42.3 Å². The number of hydrogen-bond acceptors (Lipinski definition) is 3. The molecule has 18 heavy (non-hydrogen) atoms. The molecule has 0 atom stereocenters. The number of rotatable bonds is 2. The maximum atomic E-state index is 7.60. The summed E-state index contributed by atoms with van der Waals surface area (Å²) in [5, 5.41) is 7.60. The Morgan fingerprint density at radius 1 is 1.06 bits per heavy atom. The van der Waals surface area contributed by atoms with Crippen molar-refractivity contribution in [2.75, 3.05) is 6.79 Å². The molecule has 2 aromatic carbocycles. The van der Waals surface area contributed by atoms with Crippen molar-refractivity contribution in [3.8, 4) is 22.6 Å². The highest BCUT2D eigenvalue weighted by Crippen LogP contribution is 2.41. The molecule has 1 heterocycles. The van der Waals surface area contributed by atoms with E-state index < -0.39 is 0 Å². The molecule has 0 radical (unpaired) electrons. The van der Waals surface area contributed by atoms with E-state index in [0.717, 1.165) is 21.2 Å². The van der Waals surface area contributed by atoms with Gasteiger partial charge in [0.2, 0.25) is 6.79 Å². The van der Waals surface area contributed by atoms with E-state index in [-0.39, 0.29) is 6.79 Å². The Balaban J connectivity index is 2.25. The van der Waals surface area contributed by atoms with Gasteiger partial charge in [-0.1, -0.05) is 34.1 Å². The molecule has 0 saturated carbocycles. The van der Waals surface area contributed by atoms with Gasteiger partial charge >= 0.3 is 0 Å². The Bertz CT molecular complexity index is 625. The summed E-state index contributed by atoms with van der Waals surface area (Å²) in [6.07, 6.45) is 1.31. The lowest BCUT2D eigenvalue weighted by Gasteiger charge is -2.10. The molecule has 0 spiro atoms. The lowest BCUT2D eigenvalue weighted by Crippen LogP contribution is -1.95. The molecule has 2 aromatic rings. The number of nitrogens with one attached hydrogen (secondary N) is 1. The summed E-state index contributed by atoms with van der Waals surface area (Å²) in [7, 11) is 0. The predicted octanol–water partition coefficient (Wildman–Crippen LogP) is 3.84. The zero-order chi connectivity index (χ0) is 12.5. The van der Waals surface area contributed by atoms with Crippen molar-refractivity contribution in [2.24, 2.45) is 0 Å². The number of fused-ring (bicyclic) bond motifs is 1. The quantitative estimate of drug-likeness (QED) is 0.857. The Labute approximate surface area is 113 Å². The molecule has 0 fully saturated rings. The van der Waals surface area contributed by atoms with Crippen LogP contribution in [0.4, 0.5) is 0 Å². The van der Waals surface area contributed by atoms with Crippen LogP contribution in [-0.4, -0.2) is 13.0 Å². The molecular formula is C14H10BrNO2. The Morgan fingerprint density at radius 3 is 2.67 bits per heavy atom. The van der Waals surface area contributed by atoms with Crippen molar-refractivity contribution >= 4 is 22.1 Å². The first kappa shape index (κ1) is 11.3. The number of ether oxygens (including phenoxy) is 2. The molecule has 90 valence electrons. The fraction of sp³-hybridized carbons (Fsp3) is 0.0714. The van der Waals surface area contributed by atoms with E-state index >= 15 is 0 Å². The van der Waals surface area contributed by atoms with Gasteiger partial charge in [-0.05, 0) is 29.3 Å². The number of hydrogen-bond donors (Lipinski definition) is 1. The minimum atomic E-state index is 0.218. The van der Waals surface area contributed by atoms with E-state index in [1.165, 1.54) is 6.21 Å². The van der Waals surface area contributed by atoms with Crippen molar-refractivity contribution < 1.29 is 9.47 Å². The summed E-state index contributed by atoms with van der Waals surface area (Å²) >= 11 is 3.53. The van der Waals surface area contributed by atoms with Crippen LogP contribution < -0.4 is 9.47 Å². The van der Waals surface area contributed by atoms with Gasteiger partial charge in [0.05, 0.1) is 0 Å². The molecule has 0 aromatic heterocycles. The van der Waals surface area contributed by atoms with Crippen molar-refractivity contribution in [1.29, 1.82) is 5.41 Å². The zero-order valence-electron chi connectivity index (χ0n) is 9.44. The SMILES string of the molecule is N=Cc1c(-c2ccccc2Br)ccc2c1OCO2. The van der Waals surface area contributed by atoms with Crippen molar-refractivity contribution in [2.45, 2.75) is 0 Å². The number of halogens is 1. The van der Waals surface area contributed by atoms with Crippen molar-refractivity contribution in [3.63, 3.8) is 0 Å². The molecule has 1 N–H and O–H groups in total. The van der Waals surface area contributed by atoms with Crippen molar-refractivity contribution in [1.82, 2.24) is 0 Å². The van der Waals surface area contributed by atoms with Gasteiger partial charge < -0.3 is 14.9 Å². The highest BCUT2D eigenvalue weighted by Gasteiger charge is 2.20. The highest BCUT2D eigenvalue weighted by atomic mass is 79.9. The monoisotopic (exact) mass is 303 g/mol. The largest absolute Gasteiger partial charge is 0.454 e. The summed E-state index contributed by atoms with van der Waals surface area (Å²) in [5.41, 5.74) is 2.74. The molecule has 3 nitrogen and oxygen atoms in total. The third kappa shape index (κ3) is 1.69. The first-order valence-corrected chi connectivity index (χ1v) is 6.28. The first-order valence-electron chi connectivity index (χ1n) is 5.49. The lowest BCUT2D eigenvalue weighted by molar-refractivity contribution is 0.174. The predicted molar refractivity (Wildman–Crippen MR) is 73.6 cm³/mol. The van der Waals surface area contributed by atoms with Crippen LogP contribution in [0.3, 0.4) is 0 Å². The van der Waals surface area contributed by atoms with Gasteiger partial charge in [-0.3, -0.25) is 0 Å². The average molecular weight is 304 g/mol. The summed E-state index contributed by atoms with van der Waals surface area (Å²) in [6, 6.07) is 11.8. The van der Waals surface area contributed by atoms with Crippen LogP contribution in [0.1, 0.15) is 5.56 Å². The average Bonchev–Trinajstić information content (AvgIpc) is 2.86. The highest BCUT2D eigenvalue weighted by molar-refractivity contribution is 9.10. The Morgan fingerprint density at radius 2 is 1.89 bits per heavy atom. The van der Waals surface area contributed by atoms with Crippen LogP contribution in [0.5, 0.6) is 11.5 Å². The van der Waals surface area contributed by atoms with Crippen LogP contribution in [0.2, 0.25) is 0 Å². The van der Waals surface area contributed by atoms with E-state index in [0.29, 0.717) is 11.5 Å². The first-order chi connectivity index (χ1) is 8.81. The molecule has 0 unspecified atom stereocenters. The van der Waals surface area contributed by atoms with Crippen LogP contribution in [0, 0.1) is 5.41 Å². The van der Waals surface area contributed by atoms with Gasteiger partial charge in [0.25, 0.3) is 0 Å². The van der Waals surface area contributed by atoms with Crippen LogP contribution >= 0.6 is 15.9 Å². The Kier molecular flexibility index (Phi) is 2.80. The molecule has 1 aliphatic rings. The molecule has 0 aliphatic carbocycles. The van der Waals surface area contributed by atoms with Gasteiger partial charge in [-0.15, -0.1) is 0 Å². The maximum absolute atomic E-state index is 7.60. The van der Waals surface area contributed by atoms with Gasteiger partial charge in [0.15, 0.2) is 11.5 Å². The van der Waals surface area contributed by atoms with E-state index in [2.05, 4.69) is 15.9 Å². The van der Waals surface area contributed by atoms with E-state index in [1.807, 2.05) is 36.4 Å². The molecule has 0 saturated heterocycles. The summed E-state index contributed by atoms with van der Waals surface area (Å²) in [4.78, 5) is 0. The Hall–Kier alpha value is -1.81. The second-order valence-electron chi connectivity index (χ2n) is 3.88. The number of benzene rings is 2. The van der Waals surface area contributed by atoms with Gasteiger partial charge in [-0.2, -0.15) is 0 Å². The van der Waals surface area contributed by atoms with Gasteiger partial charge in [-0.25, -0.2) is 0 Å². The van der Waals surface area contributed by atoms with Crippen LogP contribution in [0.15, 0.2) is 40.9 Å². The molecule has 4 heteroatoms. The van der Waals surface area contributed by atoms with Crippen LogP contribution in [-0.2, 0) is 0 Å². The molecule has 0 amide bonds. The normalized spacial score (nSPS) is 12.5. The van der Waals surface area contributed by atoms with E-state index in [9.17, 15) is 0 Å². The van der Waals surface area contributed by atoms with Crippen LogP contribution in [0.25, 0.3) is 11.1 Å². The second kappa shape index (κ2) is 4.46. The van der Waals surface area contributed by atoms with Gasteiger partial charge in [0, 0.05) is 16.3 Å².